The van der Waals surface area contributed by atoms with Crippen molar-refractivity contribution in [1.29, 1.82) is 0 Å². The van der Waals surface area contributed by atoms with Crippen molar-refractivity contribution in [2.24, 2.45) is 5.92 Å². The average molecular weight is 200 g/mol. The lowest BCUT2D eigenvalue weighted by Gasteiger charge is -2.13. The first-order chi connectivity index (χ1) is 6.63. The molecule has 1 aliphatic heterocycles. The molecule has 3 unspecified atom stereocenters. The van der Waals surface area contributed by atoms with Crippen LogP contribution in [-0.2, 0) is 4.79 Å². The third-order valence-corrected chi connectivity index (χ3v) is 2.75. The fourth-order valence-electron chi connectivity index (χ4n) is 1.46. The molecule has 0 aromatic carbocycles. The number of β-amino-alcohol motifs (C(OH)–C–C–N with tert-alkyl or cyclic N) is 1. The van der Waals surface area contributed by atoms with E-state index in [1.165, 1.54) is 0 Å². The van der Waals surface area contributed by atoms with Crippen LogP contribution in [0, 0.1) is 5.92 Å². The predicted octanol–water partition coefficient (Wildman–Crippen LogP) is -0.128. The molecule has 1 amide bonds. The lowest BCUT2D eigenvalue weighted by molar-refractivity contribution is -0.123. The maximum absolute atomic E-state index is 11.5. The summed E-state index contributed by atoms with van der Waals surface area (Å²) >= 11 is 0. The van der Waals surface area contributed by atoms with Gasteiger partial charge in [0.05, 0.1) is 12.1 Å². The molecular weight excluding hydrogens is 180 g/mol. The first-order valence-electron chi connectivity index (χ1n) is 5.32. The second-order valence-corrected chi connectivity index (χ2v) is 4.11. The largest absolute Gasteiger partial charge is 0.392 e. The van der Waals surface area contributed by atoms with Crippen molar-refractivity contribution in [3.05, 3.63) is 0 Å². The van der Waals surface area contributed by atoms with E-state index in [1.807, 2.05) is 0 Å². The molecular formula is C10H20N2O2. The Balaban J connectivity index is 2.22. The third-order valence-electron chi connectivity index (χ3n) is 2.75. The summed E-state index contributed by atoms with van der Waals surface area (Å²) in [4.78, 5) is 11.5. The predicted molar refractivity (Wildman–Crippen MR) is 54.9 cm³/mol. The van der Waals surface area contributed by atoms with Crippen molar-refractivity contribution < 1.29 is 9.90 Å². The second kappa shape index (κ2) is 5.32. The highest BCUT2D eigenvalue weighted by Crippen LogP contribution is 2.06. The van der Waals surface area contributed by atoms with E-state index in [4.69, 9.17) is 0 Å². The van der Waals surface area contributed by atoms with Crippen molar-refractivity contribution >= 4 is 5.91 Å². The lowest BCUT2D eigenvalue weighted by Crippen LogP contribution is -2.41. The highest BCUT2D eigenvalue weighted by molar-refractivity contribution is 5.82. The lowest BCUT2D eigenvalue weighted by atomic mass is 10.1. The van der Waals surface area contributed by atoms with Crippen molar-refractivity contribution in [3.63, 3.8) is 0 Å². The fourth-order valence-corrected chi connectivity index (χ4v) is 1.46. The molecule has 0 aromatic heterocycles. The van der Waals surface area contributed by atoms with Crippen LogP contribution in [0.5, 0.6) is 0 Å². The van der Waals surface area contributed by atoms with E-state index in [1.54, 1.807) is 0 Å². The van der Waals surface area contributed by atoms with Crippen molar-refractivity contribution in [3.8, 4) is 0 Å². The van der Waals surface area contributed by atoms with Gasteiger partial charge in [0.25, 0.3) is 0 Å². The highest BCUT2D eigenvalue weighted by atomic mass is 16.3. The van der Waals surface area contributed by atoms with Crippen LogP contribution in [0.15, 0.2) is 0 Å². The Hall–Kier alpha value is -0.610. The van der Waals surface area contributed by atoms with Gasteiger partial charge >= 0.3 is 0 Å². The number of nitrogens with one attached hydrogen (secondary N) is 2. The molecule has 3 atom stereocenters. The SMILES string of the molecule is CCC(C)CNC(=O)C1CC(O)CN1. The Labute approximate surface area is 85.1 Å². The minimum Gasteiger partial charge on any atom is -0.392 e. The standard InChI is InChI=1S/C10H20N2O2/c1-3-7(2)5-12-10(14)9-4-8(13)6-11-9/h7-9,11,13H,3-6H2,1-2H3,(H,12,14). The van der Waals surface area contributed by atoms with Crippen LogP contribution < -0.4 is 10.6 Å². The maximum Gasteiger partial charge on any atom is 0.237 e. The minimum absolute atomic E-state index is 0.0156. The quantitative estimate of drug-likeness (QED) is 0.592. The Kier molecular flexibility index (Phi) is 4.35. The zero-order valence-corrected chi connectivity index (χ0v) is 8.92. The summed E-state index contributed by atoms with van der Waals surface area (Å²) in [6, 6.07) is -0.200. The van der Waals surface area contributed by atoms with Crippen LogP contribution in [0.3, 0.4) is 0 Å². The summed E-state index contributed by atoms with van der Waals surface area (Å²) in [6.07, 6.45) is 1.24. The molecule has 1 fully saturated rings. The number of amides is 1. The van der Waals surface area contributed by atoms with E-state index in [0.717, 1.165) is 13.0 Å². The van der Waals surface area contributed by atoms with Gasteiger partial charge in [-0.15, -0.1) is 0 Å². The minimum atomic E-state index is -0.366. The number of aliphatic hydroxyl groups is 1. The number of carbonyl (C=O) groups excluding carboxylic acids is 1. The summed E-state index contributed by atoms with van der Waals surface area (Å²) in [5.74, 6) is 0.534. The van der Waals surface area contributed by atoms with Crippen LogP contribution in [0.4, 0.5) is 0 Å². The van der Waals surface area contributed by atoms with Gasteiger partial charge < -0.3 is 15.7 Å². The fraction of sp³-hybridized carbons (Fsp3) is 0.900. The normalized spacial score (nSPS) is 28.8. The molecule has 1 heterocycles. The van der Waals surface area contributed by atoms with Gasteiger partial charge in [0.1, 0.15) is 0 Å². The molecule has 1 aliphatic rings. The number of hydrogen-bond acceptors (Lipinski definition) is 3. The molecule has 3 N–H and O–H groups in total. The smallest absolute Gasteiger partial charge is 0.237 e. The van der Waals surface area contributed by atoms with E-state index >= 15 is 0 Å². The van der Waals surface area contributed by atoms with E-state index in [2.05, 4.69) is 24.5 Å². The van der Waals surface area contributed by atoms with Crippen LogP contribution in [0.1, 0.15) is 26.7 Å². The number of aliphatic hydroxyl groups excluding tert-OH is 1. The summed E-state index contributed by atoms with van der Waals surface area (Å²) in [5, 5.41) is 15.1. The second-order valence-electron chi connectivity index (χ2n) is 4.11. The average Bonchev–Trinajstić information content (AvgIpc) is 2.60. The van der Waals surface area contributed by atoms with Gasteiger partial charge in [0.15, 0.2) is 0 Å². The molecule has 1 saturated heterocycles. The van der Waals surface area contributed by atoms with Crippen molar-refractivity contribution in [2.45, 2.75) is 38.8 Å². The molecule has 0 aromatic rings. The van der Waals surface area contributed by atoms with Crippen LogP contribution in [0.25, 0.3) is 0 Å². The maximum atomic E-state index is 11.5. The molecule has 14 heavy (non-hydrogen) atoms. The molecule has 4 nitrogen and oxygen atoms in total. The topological polar surface area (TPSA) is 61.4 Å². The molecule has 1 rings (SSSR count). The zero-order valence-electron chi connectivity index (χ0n) is 8.92. The highest BCUT2D eigenvalue weighted by Gasteiger charge is 2.27. The molecule has 0 spiro atoms. The van der Waals surface area contributed by atoms with Gasteiger partial charge in [-0.25, -0.2) is 0 Å². The molecule has 0 aliphatic carbocycles. The van der Waals surface area contributed by atoms with E-state index in [0.29, 0.717) is 18.9 Å². The van der Waals surface area contributed by atoms with Gasteiger partial charge in [-0.1, -0.05) is 20.3 Å². The zero-order chi connectivity index (χ0) is 10.6. The monoisotopic (exact) mass is 200 g/mol. The van der Waals surface area contributed by atoms with Crippen LogP contribution in [0.2, 0.25) is 0 Å². The van der Waals surface area contributed by atoms with E-state index in [-0.39, 0.29) is 18.1 Å². The van der Waals surface area contributed by atoms with E-state index < -0.39 is 0 Å². The first-order valence-corrected chi connectivity index (χ1v) is 5.32. The summed E-state index contributed by atoms with van der Waals surface area (Å²) in [7, 11) is 0. The molecule has 82 valence electrons. The summed E-state index contributed by atoms with van der Waals surface area (Å²) in [6.45, 7) is 5.47. The van der Waals surface area contributed by atoms with Gasteiger partial charge in [0, 0.05) is 13.1 Å². The van der Waals surface area contributed by atoms with E-state index in [9.17, 15) is 9.90 Å². The Morgan fingerprint density at radius 2 is 2.43 bits per heavy atom. The Morgan fingerprint density at radius 3 is 2.93 bits per heavy atom. The van der Waals surface area contributed by atoms with Gasteiger partial charge in [-0.2, -0.15) is 0 Å². The first kappa shape index (κ1) is 11.5. The molecule has 0 bridgehead atoms. The summed E-state index contributed by atoms with van der Waals surface area (Å²) in [5.41, 5.74) is 0. The third kappa shape index (κ3) is 3.27. The number of hydrogen-bond donors (Lipinski definition) is 3. The molecule has 4 heteroatoms. The van der Waals surface area contributed by atoms with Crippen molar-refractivity contribution in [1.82, 2.24) is 10.6 Å². The van der Waals surface area contributed by atoms with Gasteiger partial charge in [0.2, 0.25) is 5.91 Å². The molecule has 0 saturated carbocycles. The van der Waals surface area contributed by atoms with Crippen molar-refractivity contribution in [2.75, 3.05) is 13.1 Å². The Bertz CT molecular complexity index is 197. The summed E-state index contributed by atoms with van der Waals surface area (Å²) < 4.78 is 0. The van der Waals surface area contributed by atoms with Crippen LogP contribution >= 0.6 is 0 Å². The molecule has 0 radical (unpaired) electrons. The van der Waals surface area contributed by atoms with Gasteiger partial charge in [-0.05, 0) is 12.3 Å². The number of rotatable bonds is 4. The number of carbonyl (C=O) groups is 1. The van der Waals surface area contributed by atoms with Gasteiger partial charge in [-0.3, -0.25) is 4.79 Å². The van der Waals surface area contributed by atoms with Crippen LogP contribution in [-0.4, -0.2) is 36.2 Å². The Morgan fingerprint density at radius 1 is 1.71 bits per heavy atom.